The Morgan fingerprint density at radius 1 is 1.00 bits per heavy atom. The highest BCUT2D eigenvalue weighted by atomic mass is 19.2. The van der Waals surface area contributed by atoms with Crippen LogP contribution in [0.5, 0.6) is 0 Å². The standard InChI is InChI=1S/C22H18F2N4O2/c23-17-9-8-15(10-18(17)24)11-26-13-25-20-19(26)21(29)27(12-14-6-7-14)22(30)28(20)16-4-2-1-3-5-16/h1-5,8-10,13-14H,6-7,11-12H2. The summed E-state index contributed by atoms with van der Waals surface area (Å²) >= 11 is 0. The van der Waals surface area contributed by atoms with Gasteiger partial charge in [-0.25, -0.2) is 23.1 Å². The van der Waals surface area contributed by atoms with Crippen molar-refractivity contribution in [2.24, 2.45) is 5.92 Å². The molecule has 2 aromatic carbocycles. The molecule has 4 aromatic rings. The minimum absolute atomic E-state index is 0.124. The summed E-state index contributed by atoms with van der Waals surface area (Å²) in [5.41, 5.74) is 0.737. The van der Waals surface area contributed by atoms with Crippen molar-refractivity contribution in [3.8, 4) is 5.69 Å². The molecule has 1 aliphatic rings. The van der Waals surface area contributed by atoms with Crippen molar-refractivity contribution < 1.29 is 8.78 Å². The Balaban J connectivity index is 1.73. The van der Waals surface area contributed by atoms with Crippen molar-refractivity contribution in [2.45, 2.75) is 25.9 Å². The summed E-state index contributed by atoms with van der Waals surface area (Å²) in [7, 11) is 0. The topological polar surface area (TPSA) is 61.8 Å². The van der Waals surface area contributed by atoms with Crippen LogP contribution < -0.4 is 11.2 Å². The summed E-state index contributed by atoms with van der Waals surface area (Å²) in [6.07, 6.45) is 3.43. The maximum absolute atomic E-state index is 13.6. The van der Waals surface area contributed by atoms with Crippen molar-refractivity contribution in [3.05, 3.63) is 92.9 Å². The van der Waals surface area contributed by atoms with Gasteiger partial charge in [-0.15, -0.1) is 0 Å². The number of benzene rings is 2. The molecule has 0 aliphatic heterocycles. The fraction of sp³-hybridized carbons (Fsp3) is 0.227. The maximum atomic E-state index is 13.6. The normalized spacial score (nSPS) is 13.8. The molecule has 0 radical (unpaired) electrons. The average molecular weight is 408 g/mol. The molecule has 0 atom stereocenters. The van der Waals surface area contributed by atoms with Crippen molar-refractivity contribution in [3.63, 3.8) is 0 Å². The van der Waals surface area contributed by atoms with Crippen LogP contribution >= 0.6 is 0 Å². The van der Waals surface area contributed by atoms with E-state index in [0.29, 0.717) is 23.7 Å². The third-order valence-electron chi connectivity index (χ3n) is 5.39. The Bertz CT molecular complexity index is 1370. The van der Waals surface area contributed by atoms with Crippen LogP contribution in [0.3, 0.4) is 0 Å². The number of hydrogen-bond donors (Lipinski definition) is 0. The van der Waals surface area contributed by atoms with Crippen molar-refractivity contribution in [1.29, 1.82) is 0 Å². The van der Waals surface area contributed by atoms with E-state index in [-0.39, 0.29) is 17.7 Å². The minimum atomic E-state index is -0.954. The van der Waals surface area contributed by atoms with E-state index < -0.39 is 22.9 Å². The van der Waals surface area contributed by atoms with Crippen LogP contribution in [-0.2, 0) is 13.1 Å². The molecular weight excluding hydrogens is 390 g/mol. The minimum Gasteiger partial charge on any atom is -0.320 e. The predicted octanol–water partition coefficient (Wildman–Crippen LogP) is 3.09. The van der Waals surface area contributed by atoms with Gasteiger partial charge < -0.3 is 4.57 Å². The molecule has 2 heterocycles. The highest BCUT2D eigenvalue weighted by molar-refractivity contribution is 5.72. The van der Waals surface area contributed by atoms with E-state index >= 15 is 0 Å². The molecule has 152 valence electrons. The van der Waals surface area contributed by atoms with Crippen LogP contribution in [0.2, 0.25) is 0 Å². The molecule has 8 heteroatoms. The third-order valence-corrected chi connectivity index (χ3v) is 5.39. The number of fused-ring (bicyclic) bond motifs is 1. The second kappa shape index (κ2) is 7.05. The number of rotatable bonds is 5. The van der Waals surface area contributed by atoms with E-state index in [4.69, 9.17) is 0 Å². The molecule has 0 unspecified atom stereocenters. The monoisotopic (exact) mass is 408 g/mol. The third kappa shape index (κ3) is 3.14. The summed E-state index contributed by atoms with van der Waals surface area (Å²) in [4.78, 5) is 30.8. The van der Waals surface area contributed by atoms with Gasteiger partial charge in [0.15, 0.2) is 22.8 Å². The van der Waals surface area contributed by atoms with Crippen LogP contribution in [-0.4, -0.2) is 18.7 Å². The van der Waals surface area contributed by atoms with Crippen LogP contribution in [0.4, 0.5) is 8.78 Å². The number of para-hydroxylation sites is 1. The molecule has 5 rings (SSSR count). The lowest BCUT2D eigenvalue weighted by atomic mass is 10.2. The highest BCUT2D eigenvalue weighted by Gasteiger charge is 2.26. The largest absolute Gasteiger partial charge is 0.337 e. The van der Waals surface area contributed by atoms with E-state index in [0.717, 1.165) is 25.0 Å². The summed E-state index contributed by atoms with van der Waals surface area (Å²) < 4.78 is 31.2. The number of imidazole rings is 1. The molecule has 1 saturated carbocycles. The van der Waals surface area contributed by atoms with Crippen LogP contribution in [0.25, 0.3) is 16.9 Å². The first kappa shape index (κ1) is 18.5. The quantitative estimate of drug-likeness (QED) is 0.510. The molecule has 6 nitrogen and oxygen atoms in total. The summed E-state index contributed by atoms with van der Waals surface area (Å²) in [6, 6.07) is 12.6. The highest BCUT2D eigenvalue weighted by Crippen LogP contribution is 2.30. The zero-order chi connectivity index (χ0) is 20.8. The lowest BCUT2D eigenvalue weighted by Gasteiger charge is -2.12. The molecule has 2 aromatic heterocycles. The summed E-state index contributed by atoms with van der Waals surface area (Å²) in [5.74, 6) is -1.57. The first-order chi connectivity index (χ1) is 14.5. The SMILES string of the molecule is O=c1c2c(ncn2Cc2ccc(F)c(F)c2)n(-c2ccccc2)c(=O)n1CC1CC1. The summed E-state index contributed by atoms with van der Waals surface area (Å²) in [6.45, 7) is 0.482. The molecule has 0 N–H and O–H groups in total. The molecule has 0 amide bonds. The Morgan fingerprint density at radius 3 is 2.47 bits per heavy atom. The lowest BCUT2D eigenvalue weighted by molar-refractivity contribution is 0.506. The Labute approximate surface area is 169 Å². The van der Waals surface area contributed by atoms with Gasteiger partial charge in [0.25, 0.3) is 5.56 Å². The molecule has 0 saturated heterocycles. The van der Waals surface area contributed by atoms with Crippen LogP contribution in [0, 0.1) is 17.6 Å². The Morgan fingerprint density at radius 2 is 1.77 bits per heavy atom. The molecule has 1 aliphatic carbocycles. The van der Waals surface area contributed by atoms with E-state index in [1.54, 1.807) is 16.7 Å². The van der Waals surface area contributed by atoms with Gasteiger partial charge in [-0.3, -0.25) is 9.36 Å². The fourth-order valence-corrected chi connectivity index (χ4v) is 3.66. The van der Waals surface area contributed by atoms with Crippen molar-refractivity contribution >= 4 is 11.2 Å². The second-order valence-corrected chi connectivity index (χ2v) is 7.61. The Kier molecular flexibility index (Phi) is 4.34. The number of nitrogens with zero attached hydrogens (tertiary/aromatic N) is 4. The van der Waals surface area contributed by atoms with Gasteiger partial charge >= 0.3 is 5.69 Å². The zero-order valence-corrected chi connectivity index (χ0v) is 16.0. The summed E-state index contributed by atoms with van der Waals surface area (Å²) in [5, 5.41) is 0. The first-order valence-electron chi connectivity index (χ1n) is 9.73. The Hall–Kier alpha value is -3.55. The second-order valence-electron chi connectivity index (χ2n) is 7.61. The van der Waals surface area contributed by atoms with Crippen molar-refractivity contribution in [2.75, 3.05) is 0 Å². The van der Waals surface area contributed by atoms with Crippen molar-refractivity contribution in [1.82, 2.24) is 18.7 Å². The van der Waals surface area contributed by atoms with Gasteiger partial charge in [0.2, 0.25) is 0 Å². The van der Waals surface area contributed by atoms with E-state index in [2.05, 4.69) is 4.98 Å². The number of halogens is 2. The van der Waals surface area contributed by atoms with Crippen LogP contribution in [0.1, 0.15) is 18.4 Å². The smallest absolute Gasteiger partial charge is 0.320 e. The lowest BCUT2D eigenvalue weighted by Crippen LogP contribution is -2.40. The van der Waals surface area contributed by atoms with Gasteiger partial charge in [0, 0.05) is 13.1 Å². The fourth-order valence-electron chi connectivity index (χ4n) is 3.66. The van der Waals surface area contributed by atoms with Gasteiger partial charge in [-0.1, -0.05) is 24.3 Å². The van der Waals surface area contributed by atoms with Gasteiger partial charge in [-0.05, 0) is 48.6 Å². The van der Waals surface area contributed by atoms with Gasteiger partial charge in [0.1, 0.15) is 0 Å². The number of hydrogen-bond acceptors (Lipinski definition) is 3. The van der Waals surface area contributed by atoms with Crippen LogP contribution in [0.15, 0.2) is 64.4 Å². The van der Waals surface area contributed by atoms with E-state index in [9.17, 15) is 18.4 Å². The van der Waals surface area contributed by atoms with Gasteiger partial charge in [0.05, 0.1) is 12.0 Å². The zero-order valence-electron chi connectivity index (χ0n) is 16.0. The average Bonchev–Trinajstić information content (AvgIpc) is 3.48. The maximum Gasteiger partial charge on any atom is 0.337 e. The molecule has 1 fully saturated rings. The number of aromatic nitrogens is 4. The molecule has 0 spiro atoms. The first-order valence-corrected chi connectivity index (χ1v) is 9.73. The van der Waals surface area contributed by atoms with E-state index in [1.165, 1.54) is 21.5 Å². The molecule has 30 heavy (non-hydrogen) atoms. The molecular formula is C22H18F2N4O2. The predicted molar refractivity (Wildman–Crippen MR) is 108 cm³/mol. The van der Waals surface area contributed by atoms with E-state index in [1.807, 2.05) is 18.2 Å². The van der Waals surface area contributed by atoms with Gasteiger partial charge in [-0.2, -0.15) is 0 Å². The molecule has 0 bridgehead atoms.